The van der Waals surface area contributed by atoms with Crippen LogP contribution in [-0.2, 0) is 0 Å². The first kappa shape index (κ1) is 27.7. The summed E-state index contributed by atoms with van der Waals surface area (Å²) >= 11 is 0. The van der Waals surface area contributed by atoms with E-state index < -0.39 is 70.2 Å². The first-order valence-corrected chi connectivity index (χ1v) is 11.3. The maximum absolute atomic E-state index is 14.7. The standard InChI is InChI=1S/C25H23F9O2/c1-2-3-14-4-6-16(7-5-14)25(33,34)36-17-12-18(26)22(19(27)13-17)15-10-20(28)23(21(29)11-15)35-9-8-24(30,31)32/h8-14,16H,2-7H2,1H3/b9-8+. The predicted molar refractivity (Wildman–Crippen MR) is 113 cm³/mol. The normalized spacial score (nSPS) is 19.1. The number of allylic oxidation sites excluding steroid dienone is 1. The molecule has 11 heteroatoms. The van der Waals surface area contributed by atoms with Crippen molar-refractivity contribution in [2.75, 3.05) is 0 Å². The van der Waals surface area contributed by atoms with Gasteiger partial charge < -0.3 is 9.47 Å². The lowest BCUT2D eigenvalue weighted by Gasteiger charge is -2.33. The number of benzene rings is 2. The fraction of sp³-hybridized carbons (Fsp3) is 0.440. The molecule has 0 spiro atoms. The van der Waals surface area contributed by atoms with E-state index in [1.165, 1.54) is 0 Å². The summed E-state index contributed by atoms with van der Waals surface area (Å²) in [4.78, 5) is 0. The first-order valence-electron chi connectivity index (χ1n) is 11.3. The Bertz CT molecular complexity index is 1040. The van der Waals surface area contributed by atoms with Gasteiger partial charge in [-0.2, -0.15) is 22.0 Å². The van der Waals surface area contributed by atoms with Gasteiger partial charge in [0.15, 0.2) is 17.4 Å². The minimum absolute atomic E-state index is 0.00488. The molecule has 0 aromatic heterocycles. The van der Waals surface area contributed by atoms with Gasteiger partial charge in [-0.05, 0) is 49.3 Å². The number of rotatable bonds is 8. The maximum atomic E-state index is 14.7. The molecule has 0 radical (unpaired) electrons. The summed E-state index contributed by atoms with van der Waals surface area (Å²) in [6.45, 7) is 2.01. The van der Waals surface area contributed by atoms with Gasteiger partial charge in [0.05, 0.1) is 23.8 Å². The van der Waals surface area contributed by atoms with E-state index in [0.717, 1.165) is 12.8 Å². The van der Waals surface area contributed by atoms with Crippen LogP contribution in [0.2, 0.25) is 0 Å². The van der Waals surface area contributed by atoms with Gasteiger partial charge in [0.2, 0.25) is 0 Å². The molecule has 2 nitrogen and oxygen atoms in total. The minimum atomic E-state index is -4.80. The highest BCUT2D eigenvalue weighted by atomic mass is 19.4. The fourth-order valence-corrected chi connectivity index (χ4v) is 4.32. The Morgan fingerprint density at radius 3 is 1.89 bits per heavy atom. The van der Waals surface area contributed by atoms with Crippen LogP contribution >= 0.6 is 0 Å². The second kappa shape index (κ2) is 11.0. The van der Waals surface area contributed by atoms with Crippen molar-refractivity contribution in [1.29, 1.82) is 0 Å². The van der Waals surface area contributed by atoms with Crippen molar-refractivity contribution in [2.45, 2.75) is 57.7 Å². The SMILES string of the molecule is CCCC1CCC(C(F)(F)Oc2cc(F)c(-c3cc(F)c(O/C=C/C(F)(F)F)c(F)c3)c(F)c2)CC1. The molecule has 0 bridgehead atoms. The first-order chi connectivity index (χ1) is 16.8. The average molecular weight is 526 g/mol. The van der Waals surface area contributed by atoms with Gasteiger partial charge in [-0.1, -0.05) is 19.8 Å². The van der Waals surface area contributed by atoms with Gasteiger partial charge in [0, 0.05) is 12.1 Å². The van der Waals surface area contributed by atoms with Crippen molar-refractivity contribution >= 4 is 0 Å². The van der Waals surface area contributed by atoms with E-state index >= 15 is 0 Å². The molecule has 36 heavy (non-hydrogen) atoms. The summed E-state index contributed by atoms with van der Waals surface area (Å²) in [7, 11) is 0. The van der Waals surface area contributed by atoms with E-state index in [9.17, 15) is 39.5 Å². The van der Waals surface area contributed by atoms with Crippen LogP contribution in [0, 0.1) is 35.1 Å². The molecular weight excluding hydrogens is 503 g/mol. The second-order valence-corrected chi connectivity index (χ2v) is 8.66. The summed E-state index contributed by atoms with van der Waals surface area (Å²) in [5, 5.41) is 0. The Kier molecular flexibility index (Phi) is 8.51. The van der Waals surface area contributed by atoms with Crippen molar-refractivity contribution in [3.8, 4) is 22.6 Å². The number of hydrogen-bond donors (Lipinski definition) is 0. The number of alkyl halides is 5. The molecule has 0 saturated heterocycles. The Labute approximate surface area is 201 Å². The average Bonchev–Trinajstić information content (AvgIpc) is 2.75. The van der Waals surface area contributed by atoms with Gasteiger partial charge in [-0.3, -0.25) is 0 Å². The van der Waals surface area contributed by atoms with Crippen LogP contribution < -0.4 is 9.47 Å². The Morgan fingerprint density at radius 1 is 0.833 bits per heavy atom. The lowest BCUT2D eigenvalue weighted by molar-refractivity contribution is -0.223. The molecule has 1 fully saturated rings. The van der Waals surface area contributed by atoms with Gasteiger partial charge in [-0.15, -0.1) is 0 Å². The number of ether oxygens (including phenoxy) is 2. The monoisotopic (exact) mass is 526 g/mol. The van der Waals surface area contributed by atoms with E-state index in [1.807, 2.05) is 6.92 Å². The van der Waals surface area contributed by atoms with Crippen LogP contribution in [0.3, 0.4) is 0 Å². The third-order valence-electron chi connectivity index (χ3n) is 6.02. The molecule has 0 N–H and O–H groups in total. The zero-order chi connectivity index (χ0) is 26.7. The lowest BCUT2D eigenvalue weighted by atomic mass is 9.79. The van der Waals surface area contributed by atoms with E-state index in [2.05, 4.69) is 9.47 Å². The summed E-state index contributed by atoms with van der Waals surface area (Å²) < 4.78 is 132. The van der Waals surface area contributed by atoms with E-state index in [0.29, 0.717) is 43.0 Å². The quantitative estimate of drug-likeness (QED) is 0.253. The summed E-state index contributed by atoms with van der Waals surface area (Å²) in [6.07, 6.45) is -5.40. The second-order valence-electron chi connectivity index (χ2n) is 8.66. The molecule has 0 aliphatic heterocycles. The number of halogens is 9. The summed E-state index contributed by atoms with van der Waals surface area (Å²) in [5.41, 5.74) is -1.61. The van der Waals surface area contributed by atoms with Crippen molar-refractivity contribution in [3.05, 3.63) is 59.9 Å². The molecule has 2 aromatic rings. The maximum Gasteiger partial charge on any atom is 0.412 e. The highest BCUT2D eigenvalue weighted by Crippen LogP contribution is 2.42. The topological polar surface area (TPSA) is 18.5 Å². The molecule has 2 aromatic carbocycles. The van der Waals surface area contributed by atoms with E-state index in [4.69, 9.17) is 0 Å². The van der Waals surface area contributed by atoms with Gasteiger partial charge in [0.25, 0.3) is 0 Å². The van der Waals surface area contributed by atoms with Crippen LogP contribution in [0.25, 0.3) is 11.1 Å². The van der Waals surface area contributed by atoms with Gasteiger partial charge in [-0.25, -0.2) is 17.6 Å². The molecule has 0 amide bonds. The van der Waals surface area contributed by atoms with Gasteiger partial charge >= 0.3 is 12.3 Å². The Hall–Kier alpha value is -2.85. The largest absolute Gasteiger partial charge is 0.459 e. The molecule has 1 saturated carbocycles. The Balaban J connectivity index is 1.79. The third-order valence-corrected chi connectivity index (χ3v) is 6.02. The number of hydrogen-bond acceptors (Lipinski definition) is 2. The predicted octanol–water partition coefficient (Wildman–Crippen LogP) is 8.94. The molecule has 0 unspecified atom stereocenters. The third kappa shape index (κ3) is 6.88. The zero-order valence-corrected chi connectivity index (χ0v) is 19.1. The van der Waals surface area contributed by atoms with Crippen molar-refractivity contribution in [2.24, 2.45) is 11.8 Å². The van der Waals surface area contributed by atoms with Crippen LogP contribution in [-0.4, -0.2) is 12.3 Å². The van der Waals surface area contributed by atoms with Crippen LogP contribution in [0.1, 0.15) is 45.4 Å². The highest BCUT2D eigenvalue weighted by Gasteiger charge is 2.44. The van der Waals surface area contributed by atoms with Crippen molar-refractivity contribution in [1.82, 2.24) is 0 Å². The molecule has 0 heterocycles. The van der Waals surface area contributed by atoms with Gasteiger partial charge in [0.1, 0.15) is 17.4 Å². The van der Waals surface area contributed by atoms with E-state index in [-0.39, 0.29) is 19.1 Å². The van der Waals surface area contributed by atoms with Crippen molar-refractivity contribution < 1.29 is 49.0 Å². The zero-order valence-electron chi connectivity index (χ0n) is 19.1. The fourth-order valence-electron chi connectivity index (χ4n) is 4.32. The molecule has 1 aliphatic rings. The summed E-state index contributed by atoms with van der Waals surface area (Å²) in [5.74, 6) is -8.75. The molecule has 0 atom stereocenters. The lowest BCUT2D eigenvalue weighted by Crippen LogP contribution is -2.37. The molecular formula is C25H23F9O2. The highest BCUT2D eigenvalue weighted by molar-refractivity contribution is 5.67. The van der Waals surface area contributed by atoms with Crippen LogP contribution in [0.4, 0.5) is 39.5 Å². The minimum Gasteiger partial charge on any atom is -0.459 e. The molecule has 1 aliphatic carbocycles. The Morgan fingerprint density at radius 2 is 1.39 bits per heavy atom. The van der Waals surface area contributed by atoms with E-state index in [1.54, 1.807) is 0 Å². The molecule has 3 rings (SSSR count). The van der Waals surface area contributed by atoms with Crippen molar-refractivity contribution in [3.63, 3.8) is 0 Å². The van der Waals surface area contributed by atoms with Crippen LogP contribution in [0.15, 0.2) is 36.6 Å². The smallest absolute Gasteiger partial charge is 0.412 e. The summed E-state index contributed by atoms with van der Waals surface area (Å²) in [6, 6.07) is 1.82. The van der Waals surface area contributed by atoms with Crippen LogP contribution in [0.5, 0.6) is 11.5 Å². The molecule has 198 valence electrons.